The van der Waals surface area contributed by atoms with Crippen LogP contribution in [-0.2, 0) is 11.3 Å². The number of nitro benzene ring substituents is 1. The molecule has 0 atom stereocenters. The van der Waals surface area contributed by atoms with Gasteiger partial charge >= 0.3 is 0 Å². The average molecular weight is 350 g/mol. The molecule has 0 aliphatic carbocycles. The van der Waals surface area contributed by atoms with Gasteiger partial charge in [0.1, 0.15) is 0 Å². The first-order valence-corrected chi connectivity index (χ1v) is 8.25. The molecule has 3 rings (SSSR count). The molecule has 0 radical (unpaired) electrons. The van der Waals surface area contributed by atoms with Crippen molar-refractivity contribution in [3.8, 4) is 6.07 Å². The van der Waals surface area contributed by atoms with E-state index in [4.69, 9.17) is 5.26 Å². The van der Waals surface area contributed by atoms with Crippen molar-refractivity contribution in [1.82, 2.24) is 4.90 Å². The highest BCUT2D eigenvalue weighted by molar-refractivity contribution is 5.83. The summed E-state index contributed by atoms with van der Waals surface area (Å²) in [5.74, 6) is 0.0124. The molecule has 0 saturated carbocycles. The van der Waals surface area contributed by atoms with E-state index in [0.29, 0.717) is 25.2 Å². The molecule has 1 saturated heterocycles. The van der Waals surface area contributed by atoms with E-state index in [2.05, 4.69) is 6.07 Å². The number of non-ortho nitro benzene ring substituents is 1. The number of piperazine rings is 1. The summed E-state index contributed by atoms with van der Waals surface area (Å²) in [7, 11) is 0. The largest absolute Gasteiger partial charge is 0.360 e. The molecule has 1 amide bonds. The molecular weight excluding hydrogens is 332 g/mol. The summed E-state index contributed by atoms with van der Waals surface area (Å²) in [6, 6.07) is 14.0. The maximum atomic E-state index is 12.5. The second-order valence-corrected chi connectivity index (χ2v) is 6.27. The van der Waals surface area contributed by atoms with E-state index in [9.17, 15) is 14.9 Å². The van der Waals surface area contributed by atoms with Crippen molar-refractivity contribution in [2.24, 2.45) is 0 Å². The Kier molecular flexibility index (Phi) is 4.85. The highest BCUT2D eigenvalue weighted by atomic mass is 16.6. The normalized spacial score (nSPS) is 14.2. The van der Waals surface area contributed by atoms with Gasteiger partial charge in [0.05, 0.1) is 23.1 Å². The van der Waals surface area contributed by atoms with Gasteiger partial charge in [0.15, 0.2) is 0 Å². The lowest BCUT2D eigenvalue weighted by Crippen LogP contribution is -2.50. The van der Waals surface area contributed by atoms with E-state index in [0.717, 1.165) is 16.8 Å². The van der Waals surface area contributed by atoms with E-state index in [1.165, 1.54) is 12.1 Å². The van der Waals surface area contributed by atoms with Crippen LogP contribution in [0.4, 0.5) is 11.4 Å². The summed E-state index contributed by atoms with van der Waals surface area (Å²) in [5, 5.41) is 19.7. The minimum Gasteiger partial charge on any atom is -0.360 e. The fraction of sp³-hybridized carbons (Fsp3) is 0.263. The molecule has 0 N–H and O–H groups in total. The van der Waals surface area contributed by atoms with Gasteiger partial charge in [-0.05, 0) is 36.2 Å². The summed E-state index contributed by atoms with van der Waals surface area (Å²) in [6.45, 7) is 3.82. The molecular formula is C19H18N4O3. The number of hydrogen-bond donors (Lipinski definition) is 0. The van der Waals surface area contributed by atoms with Crippen molar-refractivity contribution < 1.29 is 9.72 Å². The number of hydrogen-bond acceptors (Lipinski definition) is 5. The zero-order valence-corrected chi connectivity index (χ0v) is 14.4. The standard InChI is InChI=1S/C19H18N4O3/c1-14-10-17(23(25)26)6-7-18(14)21-8-9-22(19(24)13-21)12-16-4-2-15(11-20)3-5-16/h2-7,10H,8-9,12-13H2,1H3. The van der Waals surface area contributed by atoms with Crippen molar-refractivity contribution >= 4 is 17.3 Å². The summed E-state index contributed by atoms with van der Waals surface area (Å²) in [6.07, 6.45) is 0. The Morgan fingerprint density at radius 3 is 2.50 bits per heavy atom. The molecule has 7 nitrogen and oxygen atoms in total. The number of nitro groups is 1. The molecule has 0 bridgehead atoms. The Morgan fingerprint density at radius 1 is 1.19 bits per heavy atom. The highest BCUT2D eigenvalue weighted by Crippen LogP contribution is 2.26. The lowest BCUT2D eigenvalue weighted by Gasteiger charge is -2.36. The number of amides is 1. The van der Waals surface area contributed by atoms with Gasteiger partial charge in [0.25, 0.3) is 5.69 Å². The second-order valence-electron chi connectivity index (χ2n) is 6.27. The van der Waals surface area contributed by atoms with Crippen molar-refractivity contribution in [2.45, 2.75) is 13.5 Å². The first-order valence-electron chi connectivity index (χ1n) is 8.25. The number of anilines is 1. The van der Waals surface area contributed by atoms with Crippen LogP contribution in [0.3, 0.4) is 0 Å². The van der Waals surface area contributed by atoms with Crippen LogP contribution in [-0.4, -0.2) is 35.4 Å². The number of nitriles is 1. The van der Waals surface area contributed by atoms with Gasteiger partial charge in [0.2, 0.25) is 5.91 Å². The topological polar surface area (TPSA) is 90.5 Å². The Hall–Kier alpha value is -3.40. The molecule has 1 aliphatic heterocycles. The van der Waals surface area contributed by atoms with Gasteiger partial charge in [-0.3, -0.25) is 14.9 Å². The van der Waals surface area contributed by atoms with Crippen LogP contribution in [0.2, 0.25) is 0 Å². The van der Waals surface area contributed by atoms with Crippen LogP contribution in [0.25, 0.3) is 0 Å². The van der Waals surface area contributed by atoms with Crippen LogP contribution >= 0.6 is 0 Å². The van der Waals surface area contributed by atoms with Gasteiger partial charge in [-0.2, -0.15) is 5.26 Å². The van der Waals surface area contributed by atoms with Crippen LogP contribution in [0.15, 0.2) is 42.5 Å². The zero-order valence-electron chi connectivity index (χ0n) is 14.4. The van der Waals surface area contributed by atoms with Crippen LogP contribution in [0.1, 0.15) is 16.7 Å². The van der Waals surface area contributed by atoms with Gasteiger partial charge in [-0.25, -0.2) is 0 Å². The number of rotatable bonds is 4. The first-order chi connectivity index (χ1) is 12.5. The molecule has 1 heterocycles. The third-order valence-corrected chi connectivity index (χ3v) is 4.51. The summed E-state index contributed by atoms with van der Waals surface area (Å²) in [4.78, 5) is 26.7. The predicted octanol–water partition coefficient (Wildman–Crippen LogP) is 2.62. The molecule has 2 aromatic carbocycles. The van der Waals surface area contributed by atoms with Crippen molar-refractivity contribution in [2.75, 3.05) is 24.5 Å². The molecule has 1 aliphatic rings. The zero-order chi connectivity index (χ0) is 18.7. The van der Waals surface area contributed by atoms with Gasteiger partial charge in [-0.15, -0.1) is 0 Å². The fourth-order valence-corrected chi connectivity index (χ4v) is 3.09. The summed E-state index contributed by atoms with van der Waals surface area (Å²) in [5.41, 5.74) is 3.27. The summed E-state index contributed by atoms with van der Waals surface area (Å²) >= 11 is 0. The Balaban J connectivity index is 1.67. The number of aryl methyl sites for hydroxylation is 1. The monoisotopic (exact) mass is 350 g/mol. The molecule has 1 fully saturated rings. The van der Waals surface area contributed by atoms with E-state index in [-0.39, 0.29) is 18.1 Å². The number of carbonyl (C=O) groups is 1. The average Bonchev–Trinajstić information content (AvgIpc) is 2.64. The second kappa shape index (κ2) is 7.23. The Morgan fingerprint density at radius 2 is 1.92 bits per heavy atom. The number of nitrogens with zero attached hydrogens (tertiary/aromatic N) is 4. The minimum absolute atomic E-state index is 0.0124. The highest BCUT2D eigenvalue weighted by Gasteiger charge is 2.25. The molecule has 2 aromatic rings. The molecule has 0 unspecified atom stereocenters. The number of benzene rings is 2. The molecule has 132 valence electrons. The lowest BCUT2D eigenvalue weighted by molar-refractivity contribution is -0.384. The van der Waals surface area contributed by atoms with Crippen molar-refractivity contribution in [3.63, 3.8) is 0 Å². The number of carbonyl (C=O) groups excluding carboxylic acids is 1. The smallest absolute Gasteiger partial charge is 0.269 e. The quantitative estimate of drug-likeness (QED) is 0.624. The Bertz CT molecular complexity index is 887. The molecule has 0 aromatic heterocycles. The maximum absolute atomic E-state index is 12.5. The minimum atomic E-state index is -0.419. The van der Waals surface area contributed by atoms with E-state index in [1.54, 1.807) is 23.1 Å². The van der Waals surface area contributed by atoms with Gasteiger partial charge < -0.3 is 9.80 Å². The van der Waals surface area contributed by atoms with E-state index < -0.39 is 4.92 Å². The van der Waals surface area contributed by atoms with E-state index >= 15 is 0 Å². The maximum Gasteiger partial charge on any atom is 0.269 e. The predicted molar refractivity (Wildman–Crippen MR) is 96.6 cm³/mol. The summed E-state index contributed by atoms with van der Waals surface area (Å²) < 4.78 is 0. The third-order valence-electron chi connectivity index (χ3n) is 4.51. The first kappa shape index (κ1) is 17.4. The van der Waals surface area contributed by atoms with Crippen LogP contribution in [0.5, 0.6) is 0 Å². The van der Waals surface area contributed by atoms with Crippen molar-refractivity contribution in [3.05, 3.63) is 69.3 Å². The van der Waals surface area contributed by atoms with E-state index in [1.807, 2.05) is 24.0 Å². The van der Waals surface area contributed by atoms with Gasteiger partial charge in [-0.1, -0.05) is 12.1 Å². The van der Waals surface area contributed by atoms with Crippen LogP contribution in [0, 0.1) is 28.4 Å². The van der Waals surface area contributed by atoms with Crippen molar-refractivity contribution in [1.29, 1.82) is 5.26 Å². The molecule has 26 heavy (non-hydrogen) atoms. The van der Waals surface area contributed by atoms with Crippen LogP contribution < -0.4 is 4.90 Å². The van der Waals surface area contributed by atoms with Gasteiger partial charge in [0, 0.05) is 37.5 Å². The third kappa shape index (κ3) is 3.64. The SMILES string of the molecule is Cc1cc([N+](=O)[O-])ccc1N1CCN(Cc2ccc(C#N)cc2)C(=O)C1. The fourth-order valence-electron chi connectivity index (χ4n) is 3.09. The molecule has 0 spiro atoms. The lowest BCUT2D eigenvalue weighted by atomic mass is 10.1. The Labute approximate surface area is 151 Å². The molecule has 7 heteroatoms.